The Labute approximate surface area is 115 Å². The van der Waals surface area contributed by atoms with E-state index in [1.807, 2.05) is 13.0 Å². The molecule has 102 valence electrons. The molecule has 6 heteroatoms. The molecule has 0 aliphatic rings. The molecule has 0 bridgehead atoms. The summed E-state index contributed by atoms with van der Waals surface area (Å²) >= 11 is 0. The van der Waals surface area contributed by atoms with E-state index in [9.17, 15) is 15.2 Å². The maximum atomic E-state index is 11.9. The van der Waals surface area contributed by atoms with Gasteiger partial charge in [0.05, 0.1) is 4.92 Å². The Balaban J connectivity index is 2.38. The van der Waals surface area contributed by atoms with Crippen molar-refractivity contribution in [3.63, 3.8) is 0 Å². The molecule has 6 nitrogen and oxygen atoms in total. The number of pyridine rings is 1. The summed E-state index contributed by atoms with van der Waals surface area (Å²) in [5.74, 6) is -0.198. The fourth-order valence-electron chi connectivity index (χ4n) is 1.69. The van der Waals surface area contributed by atoms with E-state index in [-0.39, 0.29) is 5.56 Å². The zero-order valence-corrected chi connectivity index (χ0v) is 11.0. The molecule has 0 radical (unpaired) electrons. The van der Waals surface area contributed by atoms with Crippen LogP contribution in [-0.4, -0.2) is 16.1 Å². The third-order valence-corrected chi connectivity index (χ3v) is 2.67. The molecular weight excluding hydrogens is 258 g/mol. The number of nitro groups is 1. The second-order valence-corrected chi connectivity index (χ2v) is 4.41. The Kier molecular flexibility index (Phi) is 3.74. The molecule has 1 aromatic heterocycles. The lowest BCUT2D eigenvalue weighted by molar-refractivity contribution is -0.398. The largest absolute Gasteiger partial charge is 0.867 e. The summed E-state index contributed by atoms with van der Waals surface area (Å²) in [7, 11) is 0. The molecule has 0 aliphatic carbocycles. The van der Waals surface area contributed by atoms with Crippen LogP contribution in [0.15, 0.2) is 35.5 Å². The molecule has 0 N–H and O–H groups in total. The van der Waals surface area contributed by atoms with Crippen molar-refractivity contribution in [3.8, 4) is 5.75 Å². The Morgan fingerprint density at radius 3 is 2.60 bits per heavy atom. The summed E-state index contributed by atoms with van der Waals surface area (Å²) in [6.07, 6.45) is 2.96. The number of benzene rings is 1. The van der Waals surface area contributed by atoms with Crippen LogP contribution < -0.4 is 5.11 Å². The third kappa shape index (κ3) is 2.97. The monoisotopic (exact) mass is 270 g/mol. The van der Waals surface area contributed by atoms with E-state index in [0.29, 0.717) is 11.4 Å². The first-order chi connectivity index (χ1) is 9.47. The van der Waals surface area contributed by atoms with E-state index in [1.54, 1.807) is 25.3 Å². The molecule has 0 amide bonds. The molecule has 0 fully saturated rings. The SMILES string of the molecule is Cc1ccc(N=Cc2cc(C)cc([N+](=O)[O-])c2[O-])nc1. The van der Waals surface area contributed by atoms with Gasteiger partial charge >= 0.3 is 0 Å². The molecule has 0 spiro atoms. The molecular formula is C14H12N3O3-. The first kappa shape index (κ1) is 13.7. The van der Waals surface area contributed by atoms with Gasteiger partial charge in [-0.25, -0.2) is 9.98 Å². The highest BCUT2D eigenvalue weighted by Crippen LogP contribution is 2.27. The molecule has 0 aliphatic heterocycles. The van der Waals surface area contributed by atoms with Gasteiger partial charge in [-0.05, 0) is 42.4 Å². The lowest BCUT2D eigenvalue weighted by atomic mass is 10.1. The lowest BCUT2D eigenvalue weighted by Crippen LogP contribution is -2.02. The van der Waals surface area contributed by atoms with Gasteiger partial charge in [0.2, 0.25) is 0 Å². The van der Waals surface area contributed by atoms with Gasteiger partial charge in [0.1, 0.15) is 0 Å². The first-order valence-corrected chi connectivity index (χ1v) is 5.90. The zero-order chi connectivity index (χ0) is 14.7. The lowest BCUT2D eigenvalue weighted by Gasteiger charge is -2.11. The maximum absolute atomic E-state index is 11.9. The van der Waals surface area contributed by atoms with Crippen molar-refractivity contribution < 1.29 is 10.0 Å². The fraction of sp³-hybridized carbons (Fsp3) is 0.143. The average Bonchev–Trinajstić information content (AvgIpc) is 2.41. The number of hydrogen-bond acceptors (Lipinski definition) is 5. The first-order valence-electron chi connectivity index (χ1n) is 5.90. The molecule has 0 saturated heterocycles. The van der Waals surface area contributed by atoms with Gasteiger partial charge in [0.15, 0.2) is 5.82 Å². The second kappa shape index (κ2) is 5.48. The minimum atomic E-state index is -0.684. The number of hydrogen-bond donors (Lipinski definition) is 0. The quantitative estimate of drug-likeness (QED) is 0.486. The smallest absolute Gasteiger partial charge is 0.262 e. The molecule has 1 aromatic carbocycles. The topological polar surface area (TPSA) is 91.5 Å². The van der Waals surface area contributed by atoms with Crippen molar-refractivity contribution in [3.05, 3.63) is 57.3 Å². The van der Waals surface area contributed by atoms with Crippen LogP contribution >= 0.6 is 0 Å². The summed E-state index contributed by atoms with van der Waals surface area (Å²) < 4.78 is 0. The molecule has 1 heterocycles. The van der Waals surface area contributed by atoms with Crippen LogP contribution in [0.25, 0.3) is 0 Å². The summed E-state index contributed by atoms with van der Waals surface area (Å²) in [5.41, 5.74) is 1.37. The Morgan fingerprint density at radius 1 is 1.25 bits per heavy atom. The van der Waals surface area contributed by atoms with Crippen molar-refractivity contribution in [2.24, 2.45) is 4.99 Å². The van der Waals surface area contributed by atoms with Gasteiger partial charge in [0.25, 0.3) is 5.69 Å². The van der Waals surface area contributed by atoms with Gasteiger partial charge in [-0.3, -0.25) is 10.1 Å². The average molecular weight is 270 g/mol. The summed E-state index contributed by atoms with van der Waals surface area (Å²) in [6, 6.07) is 6.37. The van der Waals surface area contributed by atoms with Crippen LogP contribution in [-0.2, 0) is 0 Å². The summed E-state index contributed by atoms with van der Waals surface area (Å²) in [5, 5.41) is 22.7. The maximum Gasteiger partial charge on any atom is 0.262 e. The zero-order valence-electron chi connectivity index (χ0n) is 11.0. The van der Waals surface area contributed by atoms with Gasteiger partial charge in [0, 0.05) is 18.5 Å². The van der Waals surface area contributed by atoms with Gasteiger partial charge in [-0.2, -0.15) is 0 Å². The normalized spacial score (nSPS) is 10.9. The predicted octanol–water partition coefficient (Wildman–Crippen LogP) is 2.43. The Hall–Kier alpha value is -2.76. The molecule has 2 rings (SSSR count). The summed E-state index contributed by atoms with van der Waals surface area (Å²) in [6.45, 7) is 3.59. The van der Waals surface area contributed by atoms with E-state index < -0.39 is 16.4 Å². The number of aliphatic imine (C=N–C) groups is 1. The van der Waals surface area contributed by atoms with Crippen LogP contribution in [0.4, 0.5) is 11.5 Å². The third-order valence-electron chi connectivity index (χ3n) is 2.67. The van der Waals surface area contributed by atoms with E-state index in [4.69, 9.17) is 0 Å². The minimum absolute atomic E-state index is 0.180. The van der Waals surface area contributed by atoms with Crippen LogP contribution in [0.1, 0.15) is 16.7 Å². The number of aryl methyl sites for hydroxylation is 2. The number of rotatable bonds is 3. The molecule has 20 heavy (non-hydrogen) atoms. The van der Waals surface area contributed by atoms with Crippen molar-refractivity contribution >= 4 is 17.7 Å². The van der Waals surface area contributed by atoms with Gasteiger partial charge in [-0.15, -0.1) is 0 Å². The van der Waals surface area contributed by atoms with Crippen molar-refractivity contribution in [2.45, 2.75) is 13.8 Å². The Bertz CT molecular complexity index is 679. The van der Waals surface area contributed by atoms with E-state index in [1.165, 1.54) is 12.3 Å². The number of nitro benzene ring substituents is 1. The predicted molar refractivity (Wildman–Crippen MR) is 73.5 cm³/mol. The van der Waals surface area contributed by atoms with Gasteiger partial charge < -0.3 is 5.11 Å². The molecule has 0 saturated carbocycles. The minimum Gasteiger partial charge on any atom is -0.867 e. The second-order valence-electron chi connectivity index (χ2n) is 4.41. The molecule has 0 unspecified atom stereocenters. The van der Waals surface area contributed by atoms with E-state index in [0.717, 1.165) is 5.56 Å². The van der Waals surface area contributed by atoms with Crippen molar-refractivity contribution in [2.75, 3.05) is 0 Å². The summed E-state index contributed by atoms with van der Waals surface area (Å²) in [4.78, 5) is 18.2. The van der Waals surface area contributed by atoms with Gasteiger partial charge in [-0.1, -0.05) is 12.1 Å². The van der Waals surface area contributed by atoms with Crippen molar-refractivity contribution in [1.82, 2.24) is 4.98 Å². The van der Waals surface area contributed by atoms with Crippen LogP contribution in [0.2, 0.25) is 0 Å². The molecule has 0 atom stereocenters. The number of nitrogens with zero attached hydrogens (tertiary/aromatic N) is 3. The number of aromatic nitrogens is 1. The highest BCUT2D eigenvalue weighted by molar-refractivity contribution is 5.87. The highest BCUT2D eigenvalue weighted by atomic mass is 16.6. The van der Waals surface area contributed by atoms with Crippen LogP contribution in [0.5, 0.6) is 5.75 Å². The fourth-order valence-corrected chi connectivity index (χ4v) is 1.69. The van der Waals surface area contributed by atoms with E-state index in [2.05, 4.69) is 9.98 Å². The highest BCUT2D eigenvalue weighted by Gasteiger charge is 2.10. The van der Waals surface area contributed by atoms with E-state index >= 15 is 0 Å². The Morgan fingerprint density at radius 2 is 2.00 bits per heavy atom. The van der Waals surface area contributed by atoms with Crippen LogP contribution in [0, 0.1) is 24.0 Å². The van der Waals surface area contributed by atoms with Crippen LogP contribution in [0.3, 0.4) is 0 Å². The standard InChI is InChI=1S/C14H13N3O3/c1-9-3-4-13(15-7-9)16-8-11-5-10(2)6-12(14(11)18)17(19)20/h3-8,18H,1-2H3/p-1. The van der Waals surface area contributed by atoms with Crippen molar-refractivity contribution in [1.29, 1.82) is 0 Å². The molecule has 2 aromatic rings.